The Balaban J connectivity index is 2.22. The van der Waals surface area contributed by atoms with E-state index in [1.165, 1.54) is 30.9 Å². The molecule has 4 nitrogen and oxygen atoms in total. The zero-order valence-corrected chi connectivity index (χ0v) is 14.4. The molecule has 0 amide bonds. The van der Waals surface area contributed by atoms with Crippen molar-refractivity contribution in [1.82, 2.24) is 0 Å². The van der Waals surface area contributed by atoms with Gasteiger partial charge in [-0.2, -0.15) is 0 Å². The van der Waals surface area contributed by atoms with Crippen molar-refractivity contribution in [3.63, 3.8) is 0 Å². The Morgan fingerprint density at radius 3 is 2.30 bits per heavy atom. The normalized spacial score (nSPS) is 24.1. The summed E-state index contributed by atoms with van der Waals surface area (Å²) in [6.07, 6.45) is 3.20. The minimum Gasteiger partial charge on any atom is -0.469 e. The Morgan fingerprint density at radius 2 is 1.74 bits per heavy atom. The lowest BCUT2D eigenvalue weighted by Crippen LogP contribution is -2.36. The molecule has 0 heterocycles. The fourth-order valence-electron chi connectivity index (χ4n) is 3.69. The SMILES string of the molecule is CCc1ccc(C2CCC(C(=O)OC)C(C(=O)OC)C2)cc1C. The van der Waals surface area contributed by atoms with Gasteiger partial charge in [0.2, 0.25) is 0 Å². The van der Waals surface area contributed by atoms with Crippen LogP contribution in [0.4, 0.5) is 0 Å². The predicted octanol–water partition coefficient (Wildman–Crippen LogP) is 3.40. The van der Waals surface area contributed by atoms with Gasteiger partial charge in [0.1, 0.15) is 0 Å². The van der Waals surface area contributed by atoms with Gasteiger partial charge in [0, 0.05) is 0 Å². The second-order valence-electron chi connectivity index (χ2n) is 6.31. The molecule has 3 unspecified atom stereocenters. The van der Waals surface area contributed by atoms with Crippen LogP contribution in [0, 0.1) is 18.8 Å². The summed E-state index contributed by atoms with van der Waals surface area (Å²) in [6.45, 7) is 4.27. The number of methoxy groups -OCH3 is 2. The van der Waals surface area contributed by atoms with Crippen LogP contribution >= 0.6 is 0 Å². The Morgan fingerprint density at radius 1 is 1.09 bits per heavy atom. The molecule has 3 atom stereocenters. The molecule has 0 radical (unpaired) electrons. The average Bonchev–Trinajstić information content (AvgIpc) is 2.59. The molecule has 1 aromatic rings. The molecule has 1 fully saturated rings. The van der Waals surface area contributed by atoms with E-state index in [2.05, 4.69) is 32.0 Å². The molecule has 1 saturated carbocycles. The van der Waals surface area contributed by atoms with Crippen molar-refractivity contribution < 1.29 is 19.1 Å². The molecule has 0 aliphatic heterocycles. The van der Waals surface area contributed by atoms with Crippen molar-refractivity contribution in [2.45, 2.75) is 45.4 Å². The number of esters is 2. The van der Waals surface area contributed by atoms with E-state index in [0.717, 1.165) is 12.8 Å². The summed E-state index contributed by atoms with van der Waals surface area (Å²) in [5, 5.41) is 0. The van der Waals surface area contributed by atoms with E-state index in [1.807, 2.05) is 0 Å². The highest BCUT2D eigenvalue weighted by Crippen LogP contribution is 2.41. The number of hydrogen-bond donors (Lipinski definition) is 0. The molecule has 1 aliphatic rings. The lowest BCUT2D eigenvalue weighted by Gasteiger charge is -2.33. The van der Waals surface area contributed by atoms with Crippen LogP contribution in [0.2, 0.25) is 0 Å². The third-order valence-electron chi connectivity index (χ3n) is 5.08. The molecule has 1 aliphatic carbocycles. The molecular weight excluding hydrogens is 292 g/mol. The molecule has 0 aromatic heterocycles. The number of hydrogen-bond acceptors (Lipinski definition) is 4. The van der Waals surface area contributed by atoms with Crippen LogP contribution in [0.25, 0.3) is 0 Å². The highest BCUT2D eigenvalue weighted by molar-refractivity contribution is 5.82. The van der Waals surface area contributed by atoms with Crippen LogP contribution in [0.1, 0.15) is 48.8 Å². The molecule has 0 spiro atoms. The molecule has 1 aromatic carbocycles. The molecule has 0 bridgehead atoms. The lowest BCUT2D eigenvalue weighted by molar-refractivity contribution is -0.159. The van der Waals surface area contributed by atoms with E-state index >= 15 is 0 Å². The number of ether oxygens (including phenoxy) is 2. The first-order valence-corrected chi connectivity index (χ1v) is 8.26. The molecule has 0 saturated heterocycles. The summed E-state index contributed by atoms with van der Waals surface area (Å²) in [6, 6.07) is 6.55. The van der Waals surface area contributed by atoms with Crippen LogP contribution in [-0.4, -0.2) is 26.2 Å². The van der Waals surface area contributed by atoms with Gasteiger partial charge < -0.3 is 9.47 Å². The van der Waals surface area contributed by atoms with E-state index in [9.17, 15) is 9.59 Å². The van der Waals surface area contributed by atoms with Gasteiger partial charge in [-0.25, -0.2) is 0 Å². The summed E-state index contributed by atoms with van der Waals surface area (Å²) in [4.78, 5) is 24.1. The van der Waals surface area contributed by atoms with Crippen molar-refractivity contribution in [2.75, 3.05) is 14.2 Å². The van der Waals surface area contributed by atoms with Gasteiger partial charge in [0.15, 0.2) is 0 Å². The summed E-state index contributed by atoms with van der Waals surface area (Å²) >= 11 is 0. The molecule has 4 heteroatoms. The fraction of sp³-hybridized carbons (Fsp3) is 0.579. The number of carbonyl (C=O) groups excluding carboxylic acids is 2. The first kappa shape index (κ1) is 17.5. The van der Waals surface area contributed by atoms with Crippen LogP contribution < -0.4 is 0 Å². The van der Waals surface area contributed by atoms with E-state index in [-0.39, 0.29) is 23.8 Å². The monoisotopic (exact) mass is 318 g/mol. The number of aryl methyl sites for hydroxylation is 2. The highest BCUT2D eigenvalue weighted by Gasteiger charge is 2.41. The van der Waals surface area contributed by atoms with Gasteiger partial charge in [-0.3, -0.25) is 9.59 Å². The standard InChI is InChI=1S/C19H26O4/c1-5-13-6-7-14(10-12(13)2)15-8-9-16(18(20)22-3)17(11-15)19(21)23-4/h6-7,10,15-17H,5,8-9,11H2,1-4H3. The topological polar surface area (TPSA) is 52.6 Å². The number of benzene rings is 1. The van der Waals surface area contributed by atoms with E-state index in [0.29, 0.717) is 12.8 Å². The van der Waals surface area contributed by atoms with E-state index in [4.69, 9.17) is 9.47 Å². The lowest BCUT2D eigenvalue weighted by atomic mass is 9.71. The van der Waals surface area contributed by atoms with E-state index in [1.54, 1.807) is 0 Å². The Kier molecular flexibility index (Phi) is 5.80. The minimum atomic E-state index is -0.419. The first-order chi connectivity index (χ1) is 11.0. The zero-order valence-electron chi connectivity index (χ0n) is 14.4. The second kappa shape index (κ2) is 7.62. The molecule has 0 N–H and O–H groups in total. The van der Waals surface area contributed by atoms with Gasteiger partial charge in [0.05, 0.1) is 26.1 Å². The maximum absolute atomic E-state index is 12.1. The maximum atomic E-state index is 12.1. The summed E-state index contributed by atoms with van der Waals surface area (Å²) < 4.78 is 9.77. The van der Waals surface area contributed by atoms with Crippen molar-refractivity contribution in [1.29, 1.82) is 0 Å². The van der Waals surface area contributed by atoms with Crippen molar-refractivity contribution >= 4 is 11.9 Å². The summed E-state index contributed by atoms with van der Waals surface area (Å²) in [5.41, 5.74) is 3.88. The van der Waals surface area contributed by atoms with E-state index < -0.39 is 5.92 Å². The summed E-state index contributed by atoms with van der Waals surface area (Å²) in [5.74, 6) is -1.15. The predicted molar refractivity (Wildman–Crippen MR) is 88.2 cm³/mol. The van der Waals surface area contributed by atoms with Gasteiger partial charge in [0.25, 0.3) is 0 Å². The Labute approximate surface area is 138 Å². The van der Waals surface area contributed by atoms with Gasteiger partial charge in [-0.05, 0) is 55.2 Å². The molecule has 2 rings (SSSR count). The van der Waals surface area contributed by atoms with Gasteiger partial charge >= 0.3 is 11.9 Å². The van der Waals surface area contributed by atoms with Crippen LogP contribution in [0.3, 0.4) is 0 Å². The largest absolute Gasteiger partial charge is 0.469 e. The van der Waals surface area contributed by atoms with Crippen LogP contribution in [-0.2, 0) is 25.5 Å². The highest BCUT2D eigenvalue weighted by atomic mass is 16.5. The first-order valence-electron chi connectivity index (χ1n) is 8.26. The Bertz CT molecular complexity index is 579. The molecular formula is C19H26O4. The number of rotatable bonds is 4. The third-order valence-corrected chi connectivity index (χ3v) is 5.08. The minimum absolute atomic E-state index is 0.282. The van der Waals surface area contributed by atoms with Crippen molar-refractivity contribution in [2.24, 2.45) is 11.8 Å². The molecule has 23 heavy (non-hydrogen) atoms. The quantitative estimate of drug-likeness (QED) is 0.798. The van der Waals surface area contributed by atoms with Crippen LogP contribution in [0.15, 0.2) is 18.2 Å². The second-order valence-corrected chi connectivity index (χ2v) is 6.31. The maximum Gasteiger partial charge on any atom is 0.309 e. The zero-order chi connectivity index (χ0) is 17.0. The summed E-state index contributed by atoms with van der Waals surface area (Å²) in [7, 11) is 2.75. The average molecular weight is 318 g/mol. The Hall–Kier alpha value is -1.84. The van der Waals surface area contributed by atoms with Gasteiger partial charge in [-0.1, -0.05) is 25.1 Å². The number of carbonyl (C=O) groups is 2. The fourth-order valence-corrected chi connectivity index (χ4v) is 3.69. The van der Waals surface area contributed by atoms with Gasteiger partial charge in [-0.15, -0.1) is 0 Å². The van der Waals surface area contributed by atoms with Crippen molar-refractivity contribution in [3.05, 3.63) is 34.9 Å². The molecule has 126 valence electrons. The van der Waals surface area contributed by atoms with Crippen LogP contribution in [0.5, 0.6) is 0 Å². The third kappa shape index (κ3) is 3.74. The smallest absolute Gasteiger partial charge is 0.309 e. The van der Waals surface area contributed by atoms with Crippen molar-refractivity contribution in [3.8, 4) is 0 Å².